The molecule has 1 heterocycles. The van der Waals surface area contributed by atoms with Crippen molar-refractivity contribution in [2.24, 2.45) is 0 Å². The molecule has 15 heavy (non-hydrogen) atoms. The lowest BCUT2D eigenvalue weighted by Crippen LogP contribution is -2.06. The molecule has 0 bridgehead atoms. The highest BCUT2D eigenvalue weighted by Crippen LogP contribution is 2.26. The van der Waals surface area contributed by atoms with Gasteiger partial charge in [0.15, 0.2) is 0 Å². The number of benzene rings is 1. The van der Waals surface area contributed by atoms with E-state index in [9.17, 15) is 4.79 Å². The summed E-state index contributed by atoms with van der Waals surface area (Å²) in [5.41, 5.74) is 1.07. The van der Waals surface area contributed by atoms with E-state index in [1.54, 1.807) is 16.7 Å². The standard InChI is InChI=1S/C11H10ClNO2/c1-2-13-9(11(14)15)6-7-4-3-5-8(12)10(7)13/h3-6H,2H2,1H3,(H,14,15). The highest BCUT2D eigenvalue weighted by atomic mass is 35.5. The summed E-state index contributed by atoms with van der Waals surface area (Å²) in [5.74, 6) is -0.927. The van der Waals surface area contributed by atoms with Gasteiger partial charge >= 0.3 is 5.97 Å². The Kier molecular flexibility index (Phi) is 2.40. The summed E-state index contributed by atoms with van der Waals surface area (Å²) in [6.07, 6.45) is 0. The quantitative estimate of drug-likeness (QED) is 0.851. The zero-order chi connectivity index (χ0) is 11.0. The Labute approximate surface area is 91.9 Å². The molecular weight excluding hydrogens is 214 g/mol. The molecule has 0 saturated heterocycles. The largest absolute Gasteiger partial charge is 0.477 e. The second-order valence-electron chi connectivity index (χ2n) is 3.26. The van der Waals surface area contributed by atoms with Crippen LogP contribution < -0.4 is 0 Å². The van der Waals surface area contributed by atoms with E-state index in [0.29, 0.717) is 11.6 Å². The van der Waals surface area contributed by atoms with Gasteiger partial charge in [-0.05, 0) is 19.1 Å². The molecule has 1 aromatic carbocycles. The van der Waals surface area contributed by atoms with Crippen LogP contribution in [0.15, 0.2) is 24.3 Å². The minimum absolute atomic E-state index is 0.278. The second-order valence-corrected chi connectivity index (χ2v) is 3.66. The number of halogens is 1. The molecule has 3 nitrogen and oxygen atoms in total. The van der Waals surface area contributed by atoms with Crippen LogP contribution in [-0.4, -0.2) is 15.6 Å². The number of para-hydroxylation sites is 1. The predicted octanol–water partition coefficient (Wildman–Crippen LogP) is 3.01. The van der Waals surface area contributed by atoms with Crippen LogP contribution in [0.1, 0.15) is 17.4 Å². The number of nitrogens with zero attached hydrogens (tertiary/aromatic N) is 1. The molecule has 0 aliphatic heterocycles. The fraction of sp³-hybridized carbons (Fsp3) is 0.182. The molecule has 0 spiro atoms. The van der Waals surface area contributed by atoms with E-state index in [1.807, 2.05) is 19.1 Å². The summed E-state index contributed by atoms with van der Waals surface area (Å²) in [5, 5.41) is 10.5. The number of hydrogen-bond acceptors (Lipinski definition) is 1. The average molecular weight is 224 g/mol. The summed E-state index contributed by atoms with van der Waals surface area (Å²) >= 11 is 6.05. The Morgan fingerprint density at radius 3 is 2.87 bits per heavy atom. The molecule has 2 rings (SSSR count). The normalized spacial score (nSPS) is 10.8. The average Bonchev–Trinajstić information content (AvgIpc) is 2.57. The van der Waals surface area contributed by atoms with Gasteiger partial charge < -0.3 is 9.67 Å². The van der Waals surface area contributed by atoms with Crippen LogP contribution in [0.3, 0.4) is 0 Å². The van der Waals surface area contributed by atoms with Crippen molar-refractivity contribution in [3.05, 3.63) is 35.0 Å². The van der Waals surface area contributed by atoms with Crippen molar-refractivity contribution < 1.29 is 9.90 Å². The van der Waals surface area contributed by atoms with Crippen molar-refractivity contribution in [2.45, 2.75) is 13.5 Å². The van der Waals surface area contributed by atoms with Crippen molar-refractivity contribution in [1.82, 2.24) is 4.57 Å². The van der Waals surface area contributed by atoms with Crippen LogP contribution in [0, 0.1) is 0 Å². The molecule has 78 valence electrons. The number of hydrogen-bond donors (Lipinski definition) is 1. The molecule has 2 aromatic rings. The summed E-state index contributed by atoms with van der Waals surface area (Å²) in [7, 11) is 0. The first-order valence-corrected chi connectivity index (χ1v) is 5.04. The van der Waals surface area contributed by atoms with Gasteiger partial charge in [0.2, 0.25) is 0 Å². The zero-order valence-electron chi connectivity index (χ0n) is 8.20. The third-order valence-electron chi connectivity index (χ3n) is 2.41. The highest BCUT2D eigenvalue weighted by Gasteiger charge is 2.14. The highest BCUT2D eigenvalue weighted by molar-refractivity contribution is 6.35. The third kappa shape index (κ3) is 1.49. The molecule has 4 heteroatoms. The molecule has 1 N–H and O–H groups in total. The smallest absolute Gasteiger partial charge is 0.352 e. The second kappa shape index (κ2) is 3.59. The van der Waals surface area contributed by atoms with Gasteiger partial charge in [-0.15, -0.1) is 0 Å². The molecule has 0 saturated carbocycles. The van der Waals surface area contributed by atoms with Crippen molar-refractivity contribution >= 4 is 28.5 Å². The van der Waals surface area contributed by atoms with Gasteiger partial charge in [-0.2, -0.15) is 0 Å². The Balaban J connectivity index is 2.86. The first kappa shape index (κ1) is 10.1. The zero-order valence-corrected chi connectivity index (χ0v) is 8.95. The van der Waals surface area contributed by atoms with E-state index >= 15 is 0 Å². The van der Waals surface area contributed by atoms with Crippen molar-refractivity contribution in [3.63, 3.8) is 0 Å². The third-order valence-corrected chi connectivity index (χ3v) is 2.71. The van der Waals surface area contributed by atoms with Crippen molar-refractivity contribution in [1.29, 1.82) is 0 Å². The van der Waals surface area contributed by atoms with E-state index in [4.69, 9.17) is 16.7 Å². The van der Waals surface area contributed by atoms with Gasteiger partial charge in [0, 0.05) is 11.9 Å². The number of rotatable bonds is 2. The maximum absolute atomic E-state index is 11.0. The van der Waals surface area contributed by atoms with Gasteiger partial charge in [0.05, 0.1) is 10.5 Å². The number of carboxylic acid groups (broad SMARTS) is 1. The molecule has 0 aliphatic rings. The van der Waals surface area contributed by atoms with Crippen LogP contribution >= 0.6 is 11.6 Å². The summed E-state index contributed by atoms with van der Waals surface area (Å²) in [6, 6.07) is 7.09. The van der Waals surface area contributed by atoms with E-state index < -0.39 is 5.97 Å². The lowest BCUT2D eigenvalue weighted by atomic mass is 10.2. The number of fused-ring (bicyclic) bond motifs is 1. The maximum Gasteiger partial charge on any atom is 0.352 e. The molecule has 0 radical (unpaired) electrons. The topological polar surface area (TPSA) is 42.2 Å². The number of aryl methyl sites for hydroxylation is 1. The van der Waals surface area contributed by atoms with Crippen LogP contribution in [0.5, 0.6) is 0 Å². The number of aromatic nitrogens is 1. The monoisotopic (exact) mass is 223 g/mol. The SMILES string of the molecule is CCn1c(C(=O)O)cc2cccc(Cl)c21. The Hall–Kier alpha value is -1.48. The summed E-state index contributed by atoms with van der Waals surface area (Å²) < 4.78 is 1.71. The Morgan fingerprint density at radius 1 is 1.53 bits per heavy atom. The van der Waals surface area contributed by atoms with Gasteiger partial charge in [0.1, 0.15) is 5.69 Å². The van der Waals surface area contributed by atoms with Crippen LogP contribution in [-0.2, 0) is 6.54 Å². The summed E-state index contributed by atoms with van der Waals surface area (Å²) in [6.45, 7) is 2.49. The van der Waals surface area contributed by atoms with E-state index in [0.717, 1.165) is 10.9 Å². The van der Waals surface area contributed by atoms with Crippen molar-refractivity contribution in [2.75, 3.05) is 0 Å². The first-order valence-electron chi connectivity index (χ1n) is 4.66. The molecule has 0 fully saturated rings. The number of aromatic carboxylic acids is 1. The number of carboxylic acids is 1. The fourth-order valence-electron chi connectivity index (χ4n) is 1.78. The van der Waals surface area contributed by atoms with E-state index in [1.165, 1.54) is 0 Å². The molecule has 1 aromatic heterocycles. The minimum atomic E-state index is -0.927. The Bertz CT molecular complexity index is 531. The molecule has 0 amide bonds. The summed E-state index contributed by atoms with van der Waals surface area (Å²) in [4.78, 5) is 11.0. The van der Waals surface area contributed by atoms with E-state index in [2.05, 4.69) is 0 Å². The molecule has 0 unspecified atom stereocenters. The fourth-order valence-corrected chi connectivity index (χ4v) is 2.07. The number of carbonyl (C=O) groups is 1. The Morgan fingerprint density at radius 2 is 2.27 bits per heavy atom. The van der Waals surface area contributed by atoms with Crippen LogP contribution in [0.25, 0.3) is 10.9 Å². The lowest BCUT2D eigenvalue weighted by Gasteiger charge is -2.05. The molecular formula is C11H10ClNO2. The van der Waals surface area contributed by atoms with Crippen molar-refractivity contribution in [3.8, 4) is 0 Å². The van der Waals surface area contributed by atoms with Crippen LogP contribution in [0.4, 0.5) is 0 Å². The van der Waals surface area contributed by atoms with Gasteiger partial charge in [-0.25, -0.2) is 4.79 Å². The van der Waals surface area contributed by atoms with Gasteiger partial charge in [-0.1, -0.05) is 23.7 Å². The van der Waals surface area contributed by atoms with Crippen LogP contribution in [0.2, 0.25) is 5.02 Å². The maximum atomic E-state index is 11.0. The first-order chi connectivity index (χ1) is 7.15. The molecule has 0 aliphatic carbocycles. The lowest BCUT2D eigenvalue weighted by molar-refractivity contribution is 0.0686. The van der Waals surface area contributed by atoms with E-state index in [-0.39, 0.29) is 5.69 Å². The minimum Gasteiger partial charge on any atom is -0.477 e. The van der Waals surface area contributed by atoms with Gasteiger partial charge in [-0.3, -0.25) is 0 Å². The predicted molar refractivity (Wildman–Crippen MR) is 59.6 cm³/mol. The molecule has 0 atom stereocenters. The van der Waals surface area contributed by atoms with Gasteiger partial charge in [0.25, 0.3) is 0 Å².